The number of methoxy groups -OCH3 is 1. The number of halogens is 2. The minimum atomic E-state index is 0.391. The summed E-state index contributed by atoms with van der Waals surface area (Å²) in [4.78, 5) is 0. The van der Waals surface area contributed by atoms with E-state index >= 15 is 0 Å². The van der Waals surface area contributed by atoms with E-state index in [1.165, 1.54) is 0 Å². The molecule has 9 heteroatoms. The van der Waals surface area contributed by atoms with Crippen LogP contribution in [0.1, 0.15) is 11.1 Å². The van der Waals surface area contributed by atoms with Crippen molar-refractivity contribution in [1.29, 1.82) is 0 Å². The van der Waals surface area contributed by atoms with Crippen LogP contribution in [0.5, 0.6) is 11.5 Å². The molecule has 0 radical (unpaired) electrons. The maximum atomic E-state index is 6.07. The fourth-order valence-corrected chi connectivity index (χ4v) is 3.07. The second-order valence-corrected chi connectivity index (χ2v) is 7.02. The Kier molecular flexibility index (Phi) is 6.18. The first-order valence-electron chi connectivity index (χ1n) is 7.67. The SMILES string of the molecule is COc1ccc(Br)c(CNn2cn[nH]c2=S)c1OCc1ccc(Cl)cc1. The number of aromatic nitrogens is 3. The van der Waals surface area contributed by atoms with E-state index in [1.807, 2.05) is 36.4 Å². The Bertz CT molecular complexity index is 943. The van der Waals surface area contributed by atoms with Crippen molar-refractivity contribution in [2.45, 2.75) is 13.2 Å². The highest BCUT2D eigenvalue weighted by molar-refractivity contribution is 9.10. The fourth-order valence-electron chi connectivity index (χ4n) is 2.33. The molecule has 3 aromatic rings. The Hall–Kier alpha value is -2.03. The topological polar surface area (TPSA) is 64.1 Å². The zero-order valence-corrected chi connectivity index (χ0v) is 17.0. The molecule has 0 aliphatic rings. The van der Waals surface area contributed by atoms with Crippen molar-refractivity contribution >= 4 is 39.7 Å². The summed E-state index contributed by atoms with van der Waals surface area (Å²) in [5.41, 5.74) is 5.09. The van der Waals surface area contributed by atoms with Gasteiger partial charge in [0.1, 0.15) is 12.9 Å². The molecular formula is C17H16BrClN4O2S. The van der Waals surface area contributed by atoms with Crippen LogP contribution in [0.15, 0.2) is 47.2 Å². The van der Waals surface area contributed by atoms with E-state index in [0.717, 1.165) is 15.6 Å². The van der Waals surface area contributed by atoms with E-state index in [2.05, 4.69) is 31.6 Å². The normalized spacial score (nSPS) is 10.6. The lowest BCUT2D eigenvalue weighted by atomic mass is 10.2. The quantitative estimate of drug-likeness (QED) is 0.506. The number of ether oxygens (including phenoxy) is 2. The van der Waals surface area contributed by atoms with Crippen LogP contribution in [0.25, 0.3) is 0 Å². The number of aromatic amines is 1. The van der Waals surface area contributed by atoms with Crippen molar-refractivity contribution in [2.24, 2.45) is 0 Å². The van der Waals surface area contributed by atoms with Gasteiger partial charge in [-0.1, -0.05) is 39.7 Å². The van der Waals surface area contributed by atoms with Gasteiger partial charge < -0.3 is 14.9 Å². The maximum Gasteiger partial charge on any atom is 0.214 e. The van der Waals surface area contributed by atoms with Gasteiger partial charge in [-0.15, -0.1) is 0 Å². The number of benzene rings is 2. The summed E-state index contributed by atoms with van der Waals surface area (Å²) in [6.45, 7) is 0.851. The average Bonchev–Trinajstić information content (AvgIpc) is 3.05. The van der Waals surface area contributed by atoms with Crippen molar-refractivity contribution in [3.8, 4) is 11.5 Å². The van der Waals surface area contributed by atoms with E-state index < -0.39 is 0 Å². The molecule has 26 heavy (non-hydrogen) atoms. The van der Waals surface area contributed by atoms with Gasteiger partial charge in [0.15, 0.2) is 11.5 Å². The minimum absolute atomic E-state index is 0.391. The smallest absolute Gasteiger partial charge is 0.214 e. The third-order valence-corrected chi connectivity index (χ3v) is 4.94. The first kappa shape index (κ1) is 18.8. The van der Waals surface area contributed by atoms with Crippen LogP contribution in [0.3, 0.4) is 0 Å². The number of H-pyrrole nitrogens is 1. The molecule has 6 nitrogen and oxygen atoms in total. The molecule has 0 unspecified atom stereocenters. The molecule has 0 saturated carbocycles. The van der Waals surface area contributed by atoms with Crippen LogP contribution in [0, 0.1) is 4.77 Å². The molecular weight excluding hydrogens is 440 g/mol. The number of rotatable bonds is 7. The van der Waals surface area contributed by atoms with Gasteiger partial charge in [-0.25, -0.2) is 4.68 Å². The van der Waals surface area contributed by atoms with Gasteiger partial charge >= 0.3 is 0 Å². The summed E-state index contributed by atoms with van der Waals surface area (Å²) >= 11 is 14.7. The highest BCUT2D eigenvalue weighted by Gasteiger charge is 2.15. The Labute approximate surface area is 169 Å². The Morgan fingerprint density at radius 3 is 2.69 bits per heavy atom. The van der Waals surface area contributed by atoms with Crippen LogP contribution in [0.2, 0.25) is 5.02 Å². The first-order chi connectivity index (χ1) is 12.6. The lowest BCUT2D eigenvalue weighted by Crippen LogP contribution is -2.15. The van der Waals surface area contributed by atoms with E-state index in [4.69, 9.17) is 33.3 Å². The lowest BCUT2D eigenvalue weighted by Gasteiger charge is -2.17. The third kappa shape index (κ3) is 4.38. The molecule has 1 heterocycles. The summed E-state index contributed by atoms with van der Waals surface area (Å²) in [7, 11) is 1.61. The molecule has 0 saturated heterocycles. The lowest BCUT2D eigenvalue weighted by molar-refractivity contribution is 0.281. The van der Waals surface area contributed by atoms with Crippen molar-refractivity contribution in [1.82, 2.24) is 14.9 Å². The highest BCUT2D eigenvalue weighted by Crippen LogP contribution is 2.37. The van der Waals surface area contributed by atoms with Gasteiger partial charge in [-0.05, 0) is 42.0 Å². The molecule has 2 N–H and O–H groups in total. The standard InChI is InChI=1S/C17H16BrClN4O2S/c1-24-15-7-6-14(18)13(8-21-23-10-20-22-17(23)26)16(15)25-9-11-2-4-12(19)5-3-11/h2-7,10,21H,8-9H2,1H3,(H,22,26). The average molecular weight is 456 g/mol. The summed E-state index contributed by atoms with van der Waals surface area (Å²) in [5.74, 6) is 1.30. The molecule has 136 valence electrons. The third-order valence-electron chi connectivity index (χ3n) is 3.66. The first-order valence-corrected chi connectivity index (χ1v) is 9.25. The Morgan fingerprint density at radius 2 is 2.04 bits per heavy atom. The molecule has 0 amide bonds. The second kappa shape index (κ2) is 8.57. The number of hydrogen-bond donors (Lipinski definition) is 2. The predicted octanol–water partition coefficient (Wildman–Crippen LogP) is 4.69. The fraction of sp³-hybridized carbons (Fsp3) is 0.176. The van der Waals surface area contributed by atoms with E-state index in [9.17, 15) is 0 Å². The van der Waals surface area contributed by atoms with Crippen molar-refractivity contribution < 1.29 is 9.47 Å². The summed E-state index contributed by atoms with van der Waals surface area (Å²) in [5, 5.41) is 7.27. The van der Waals surface area contributed by atoms with Gasteiger partial charge in [-0.3, -0.25) is 5.10 Å². The maximum absolute atomic E-state index is 6.07. The van der Waals surface area contributed by atoms with Crippen molar-refractivity contribution in [3.63, 3.8) is 0 Å². The molecule has 0 aliphatic carbocycles. The molecule has 0 fully saturated rings. The van der Waals surface area contributed by atoms with Crippen LogP contribution < -0.4 is 14.9 Å². The monoisotopic (exact) mass is 454 g/mol. The Morgan fingerprint density at radius 1 is 1.27 bits per heavy atom. The molecule has 1 aromatic heterocycles. The van der Waals surface area contributed by atoms with Gasteiger partial charge in [0.25, 0.3) is 0 Å². The van der Waals surface area contributed by atoms with Crippen LogP contribution >= 0.6 is 39.7 Å². The van der Waals surface area contributed by atoms with E-state index in [0.29, 0.717) is 34.4 Å². The van der Waals surface area contributed by atoms with Gasteiger partial charge in [-0.2, -0.15) is 5.10 Å². The van der Waals surface area contributed by atoms with Gasteiger partial charge in [0.2, 0.25) is 4.77 Å². The van der Waals surface area contributed by atoms with E-state index in [-0.39, 0.29) is 0 Å². The molecule has 0 bridgehead atoms. The number of nitrogens with one attached hydrogen (secondary N) is 2. The highest BCUT2D eigenvalue weighted by atomic mass is 79.9. The zero-order chi connectivity index (χ0) is 18.5. The second-order valence-electron chi connectivity index (χ2n) is 5.34. The van der Waals surface area contributed by atoms with Crippen molar-refractivity contribution in [2.75, 3.05) is 12.5 Å². The molecule has 2 aromatic carbocycles. The molecule has 0 atom stereocenters. The van der Waals surface area contributed by atoms with Crippen molar-refractivity contribution in [3.05, 3.63) is 68.1 Å². The van der Waals surface area contributed by atoms with Crippen LogP contribution in [-0.2, 0) is 13.2 Å². The predicted molar refractivity (Wildman–Crippen MR) is 107 cm³/mol. The molecule has 0 spiro atoms. The molecule has 3 rings (SSSR count). The Balaban J connectivity index is 1.84. The van der Waals surface area contributed by atoms with Crippen LogP contribution in [0.4, 0.5) is 0 Å². The summed E-state index contributed by atoms with van der Waals surface area (Å²) in [6.07, 6.45) is 1.57. The summed E-state index contributed by atoms with van der Waals surface area (Å²) < 4.78 is 14.5. The van der Waals surface area contributed by atoms with E-state index in [1.54, 1.807) is 18.1 Å². The minimum Gasteiger partial charge on any atom is -0.493 e. The summed E-state index contributed by atoms with van der Waals surface area (Å²) in [6, 6.07) is 11.3. The van der Waals surface area contributed by atoms with Gasteiger partial charge in [0.05, 0.1) is 13.7 Å². The largest absolute Gasteiger partial charge is 0.493 e. The molecule has 0 aliphatic heterocycles. The zero-order valence-electron chi connectivity index (χ0n) is 13.8. The van der Waals surface area contributed by atoms with Crippen LogP contribution in [-0.4, -0.2) is 22.0 Å². The van der Waals surface area contributed by atoms with Gasteiger partial charge in [0, 0.05) is 15.1 Å². The number of nitrogens with zero attached hydrogens (tertiary/aromatic N) is 2. The number of hydrogen-bond acceptors (Lipinski definition) is 5.